The summed E-state index contributed by atoms with van der Waals surface area (Å²) in [7, 11) is 1.58. The average molecular weight is 499 g/mol. The number of benzene rings is 3. The van der Waals surface area contributed by atoms with Crippen molar-refractivity contribution in [2.45, 2.75) is 44.4 Å². The van der Waals surface area contributed by atoms with Crippen molar-refractivity contribution >= 4 is 17.7 Å². The molecular weight excluding hydrogens is 468 g/mol. The summed E-state index contributed by atoms with van der Waals surface area (Å²) in [6, 6.07) is 21.7. The molecule has 1 atom stereocenters. The maximum absolute atomic E-state index is 13.4. The molecule has 1 saturated heterocycles. The lowest BCUT2D eigenvalue weighted by atomic mass is 10.00. The smallest absolute Gasteiger partial charge is 0.414 e. The molecule has 37 heavy (non-hydrogen) atoms. The van der Waals surface area contributed by atoms with Gasteiger partial charge in [0.2, 0.25) is 0 Å². The first-order valence-electron chi connectivity index (χ1n) is 12.9. The van der Waals surface area contributed by atoms with E-state index in [-0.39, 0.29) is 24.1 Å². The number of carbonyl (C=O) groups is 2. The van der Waals surface area contributed by atoms with Crippen LogP contribution in [-0.4, -0.2) is 43.1 Å². The minimum Gasteiger partial charge on any atom is -0.496 e. The van der Waals surface area contributed by atoms with Crippen molar-refractivity contribution in [2.24, 2.45) is 0 Å². The minimum absolute atomic E-state index is 0.00749. The summed E-state index contributed by atoms with van der Waals surface area (Å²) in [6.07, 6.45) is 3.00. The van der Waals surface area contributed by atoms with E-state index in [1.54, 1.807) is 18.1 Å². The van der Waals surface area contributed by atoms with Gasteiger partial charge in [-0.1, -0.05) is 42.5 Å². The van der Waals surface area contributed by atoms with Crippen LogP contribution >= 0.6 is 0 Å². The van der Waals surface area contributed by atoms with Gasteiger partial charge in [0.15, 0.2) is 0 Å². The van der Waals surface area contributed by atoms with Gasteiger partial charge in [-0.15, -0.1) is 0 Å². The van der Waals surface area contributed by atoms with E-state index in [0.29, 0.717) is 49.6 Å². The van der Waals surface area contributed by atoms with Crippen molar-refractivity contribution in [2.75, 3.05) is 25.1 Å². The van der Waals surface area contributed by atoms with E-state index in [1.165, 1.54) is 11.1 Å². The van der Waals surface area contributed by atoms with E-state index in [9.17, 15) is 9.59 Å². The summed E-state index contributed by atoms with van der Waals surface area (Å²) >= 11 is 0. The van der Waals surface area contributed by atoms with Crippen LogP contribution in [0.15, 0.2) is 66.7 Å². The largest absolute Gasteiger partial charge is 0.496 e. The zero-order chi connectivity index (χ0) is 25.4. The van der Waals surface area contributed by atoms with Crippen LogP contribution in [0.3, 0.4) is 0 Å². The van der Waals surface area contributed by atoms with E-state index < -0.39 is 0 Å². The molecule has 2 amide bonds. The predicted octanol–water partition coefficient (Wildman–Crippen LogP) is 5.52. The number of nitrogens with zero attached hydrogens (tertiary/aromatic N) is 2. The Morgan fingerprint density at radius 1 is 0.946 bits per heavy atom. The van der Waals surface area contributed by atoms with Gasteiger partial charge in [-0.05, 0) is 55.0 Å². The third-order valence-electron chi connectivity index (χ3n) is 7.68. The molecule has 3 aromatic rings. The van der Waals surface area contributed by atoms with Gasteiger partial charge >= 0.3 is 6.09 Å². The van der Waals surface area contributed by atoms with Crippen LogP contribution in [0.5, 0.6) is 11.5 Å². The van der Waals surface area contributed by atoms with Crippen molar-refractivity contribution in [3.8, 4) is 11.5 Å². The molecule has 0 aromatic heterocycles. The molecule has 7 nitrogen and oxygen atoms in total. The number of piperidine rings is 1. The molecule has 2 heterocycles. The second-order valence-corrected chi connectivity index (χ2v) is 9.78. The molecule has 3 aliphatic rings. The van der Waals surface area contributed by atoms with Gasteiger partial charge in [0, 0.05) is 30.8 Å². The van der Waals surface area contributed by atoms with Crippen molar-refractivity contribution in [3.63, 3.8) is 0 Å². The Bertz CT molecular complexity index is 1330. The second kappa shape index (κ2) is 9.81. The van der Waals surface area contributed by atoms with E-state index in [0.717, 1.165) is 24.1 Å². The molecule has 6 rings (SSSR count). The second-order valence-electron chi connectivity index (χ2n) is 9.78. The number of para-hydroxylation sites is 1. The number of ether oxygens (including phenoxy) is 3. The van der Waals surface area contributed by atoms with Crippen LogP contribution < -0.4 is 14.4 Å². The summed E-state index contributed by atoms with van der Waals surface area (Å²) in [6.45, 7) is 1.40. The van der Waals surface area contributed by atoms with Crippen LogP contribution in [0.4, 0.5) is 10.5 Å². The number of aryl methyl sites for hydroxylation is 1. The Balaban J connectivity index is 1.13. The van der Waals surface area contributed by atoms with Crippen molar-refractivity contribution in [1.82, 2.24) is 4.90 Å². The number of fused-ring (bicyclic) bond motifs is 2. The fraction of sp³-hybridized carbons (Fsp3) is 0.333. The number of hydrogen-bond acceptors (Lipinski definition) is 5. The van der Waals surface area contributed by atoms with E-state index >= 15 is 0 Å². The monoisotopic (exact) mass is 498 g/mol. The van der Waals surface area contributed by atoms with E-state index in [1.807, 2.05) is 47.4 Å². The van der Waals surface area contributed by atoms with E-state index in [2.05, 4.69) is 18.2 Å². The first-order chi connectivity index (χ1) is 18.1. The van der Waals surface area contributed by atoms with Crippen molar-refractivity contribution < 1.29 is 23.8 Å². The maximum Gasteiger partial charge on any atom is 0.414 e. The van der Waals surface area contributed by atoms with Gasteiger partial charge in [-0.3, -0.25) is 9.69 Å². The number of carbonyl (C=O) groups excluding carboxylic acids is 2. The van der Waals surface area contributed by atoms with Crippen molar-refractivity contribution in [1.29, 1.82) is 0 Å². The molecule has 0 spiro atoms. The Hall–Kier alpha value is -4.00. The molecule has 1 fully saturated rings. The lowest BCUT2D eigenvalue weighted by Gasteiger charge is -2.40. The van der Waals surface area contributed by atoms with Crippen LogP contribution in [0.25, 0.3) is 0 Å². The quantitative estimate of drug-likeness (QED) is 0.463. The third-order valence-corrected chi connectivity index (χ3v) is 7.68. The minimum atomic E-state index is -0.314. The Morgan fingerprint density at radius 2 is 1.70 bits per heavy atom. The SMILES string of the molecule is COc1cc(OC2CCc3ccccc32)ccc1C(=O)N1CCC(N2C(=O)OCc3ccccc32)CC1. The summed E-state index contributed by atoms with van der Waals surface area (Å²) in [5.74, 6) is 1.12. The van der Waals surface area contributed by atoms with Crippen LogP contribution in [0.1, 0.15) is 52.4 Å². The van der Waals surface area contributed by atoms with Gasteiger partial charge in [-0.25, -0.2) is 4.79 Å². The molecule has 3 aromatic carbocycles. The summed E-state index contributed by atoms with van der Waals surface area (Å²) in [5, 5.41) is 0. The molecule has 0 N–H and O–H groups in total. The lowest BCUT2D eigenvalue weighted by Crippen LogP contribution is -2.50. The Morgan fingerprint density at radius 3 is 2.51 bits per heavy atom. The first kappa shape index (κ1) is 23.4. The molecule has 190 valence electrons. The molecule has 1 aliphatic carbocycles. The molecule has 0 bridgehead atoms. The topological polar surface area (TPSA) is 68.3 Å². The number of likely N-dealkylation sites (tertiary alicyclic amines) is 1. The van der Waals surface area contributed by atoms with Gasteiger partial charge in [0.05, 0.1) is 18.4 Å². The normalized spacial score (nSPS) is 19.2. The summed E-state index contributed by atoms with van der Waals surface area (Å²) in [4.78, 5) is 29.6. The van der Waals surface area contributed by atoms with Crippen molar-refractivity contribution in [3.05, 3.63) is 89.0 Å². The predicted molar refractivity (Wildman–Crippen MR) is 139 cm³/mol. The Labute approximate surface area is 216 Å². The van der Waals surface area contributed by atoms with Crippen LogP contribution in [0.2, 0.25) is 0 Å². The molecule has 0 radical (unpaired) electrons. The number of rotatable bonds is 5. The zero-order valence-corrected chi connectivity index (χ0v) is 20.9. The van der Waals surface area contributed by atoms with Gasteiger partial charge in [-0.2, -0.15) is 0 Å². The number of cyclic esters (lactones) is 1. The van der Waals surface area contributed by atoms with Gasteiger partial charge < -0.3 is 19.1 Å². The average Bonchev–Trinajstić information content (AvgIpc) is 3.35. The third kappa shape index (κ3) is 4.39. The highest BCUT2D eigenvalue weighted by atomic mass is 16.6. The summed E-state index contributed by atoms with van der Waals surface area (Å²) < 4.78 is 17.3. The van der Waals surface area contributed by atoms with Crippen LogP contribution in [-0.2, 0) is 17.8 Å². The highest BCUT2D eigenvalue weighted by Gasteiger charge is 2.35. The van der Waals surface area contributed by atoms with Crippen LogP contribution in [0, 0.1) is 0 Å². The highest BCUT2D eigenvalue weighted by Crippen LogP contribution is 2.37. The summed E-state index contributed by atoms with van der Waals surface area (Å²) in [5.41, 5.74) is 4.99. The number of anilines is 1. The molecule has 7 heteroatoms. The number of methoxy groups -OCH3 is 1. The van der Waals surface area contributed by atoms with Gasteiger partial charge in [0.25, 0.3) is 5.91 Å². The standard InChI is InChI=1S/C30H30N2O5/c1-35-28-18-23(37-27-13-10-20-6-2-4-8-24(20)27)11-12-25(28)29(33)31-16-14-22(15-17-31)32-26-9-5-3-7-21(26)19-36-30(32)34/h2-9,11-12,18,22,27H,10,13-17,19H2,1H3. The fourth-order valence-corrected chi connectivity index (χ4v) is 5.74. The molecule has 0 saturated carbocycles. The number of amides is 2. The number of hydrogen-bond donors (Lipinski definition) is 0. The lowest BCUT2D eigenvalue weighted by molar-refractivity contribution is 0.0705. The van der Waals surface area contributed by atoms with Gasteiger partial charge in [0.1, 0.15) is 24.2 Å². The fourth-order valence-electron chi connectivity index (χ4n) is 5.74. The molecule has 2 aliphatic heterocycles. The van der Waals surface area contributed by atoms with E-state index in [4.69, 9.17) is 14.2 Å². The molecule has 1 unspecified atom stereocenters. The zero-order valence-electron chi connectivity index (χ0n) is 20.9. The maximum atomic E-state index is 13.4. The molecular formula is C30H30N2O5. The first-order valence-corrected chi connectivity index (χ1v) is 12.9. The Kier molecular flexibility index (Phi) is 6.20. The highest BCUT2D eigenvalue weighted by molar-refractivity contribution is 5.97.